The molecule has 2 saturated heterocycles. The summed E-state index contributed by atoms with van der Waals surface area (Å²) >= 11 is 0. The summed E-state index contributed by atoms with van der Waals surface area (Å²) in [5.41, 5.74) is 2.83. The molecule has 2 heterocycles. The van der Waals surface area contributed by atoms with Crippen LogP contribution in [-0.4, -0.2) is 53.6 Å². The van der Waals surface area contributed by atoms with Gasteiger partial charge in [-0.05, 0) is 75.6 Å². The van der Waals surface area contributed by atoms with Gasteiger partial charge in [-0.2, -0.15) is 0 Å². The lowest BCUT2D eigenvalue weighted by atomic mass is 9.78. The molecule has 6 heteroatoms. The summed E-state index contributed by atoms with van der Waals surface area (Å²) in [6, 6.07) is 6.33. The molecule has 1 spiro atoms. The number of benzene rings is 1. The second kappa shape index (κ2) is 7.98. The van der Waals surface area contributed by atoms with Crippen molar-refractivity contribution in [2.24, 2.45) is 5.41 Å². The van der Waals surface area contributed by atoms with Crippen molar-refractivity contribution < 1.29 is 14.7 Å². The van der Waals surface area contributed by atoms with Crippen molar-refractivity contribution in [3.05, 3.63) is 23.8 Å². The molecule has 6 nitrogen and oxygen atoms in total. The molecule has 29 heavy (non-hydrogen) atoms. The number of rotatable bonds is 3. The van der Waals surface area contributed by atoms with Crippen LogP contribution >= 0.6 is 0 Å². The summed E-state index contributed by atoms with van der Waals surface area (Å²) in [5, 5.41) is 12.6. The minimum Gasteiger partial charge on any atom is -0.393 e. The second-order valence-electron chi connectivity index (χ2n) is 9.20. The molecule has 3 fully saturated rings. The fourth-order valence-electron chi connectivity index (χ4n) is 5.57. The van der Waals surface area contributed by atoms with E-state index in [0.717, 1.165) is 81.5 Å². The van der Waals surface area contributed by atoms with Gasteiger partial charge in [0.25, 0.3) is 0 Å². The number of nitrogens with one attached hydrogen (secondary N) is 1. The predicted molar refractivity (Wildman–Crippen MR) is 114 cm³/mol. The topological polar surface area (TPSA) is 72.9 Å². The van der Waals surface area contributed by atoms with Crippen LogP contribution in [0, 0.1) is 12.3 Å². The molecule has 0 bridgehead atoms. The molecular formula is C23H33N3O3. The van der Waals surface area contributed by atoms with Crippen LogP contribution in [0.3, 0.4) is 0 Å². The zero-order valence-electron chi connectivity index (χ0n) is 17.6. The third-order valence-corrected chi connectivity index (χ3v) is 7.09. The van der Waals surface area contributed by atoms with Gasteiger partial charge in [0.2, 0.25) is 11.8 Å². The minimum absolute atomic E-state index is 0.0686. The van der Waals surface area contributed by atoms with E-state index in [1.807, 2.05) is 12.1 Å². The maximum Gasteiger partial charge on any atom is 0.230 e. The number of likely N-dealkylation sites (tertiary alicyclic amines) is 1. The zero-order chi connectivity index (χ0) is 20.6. The first-order valence-electron chi connectivity index (χ1n) is 11.0. The van der Waals surface area contributed by atoms with Gasteiger partial charge in [0, 0.05) is 44.0 Å². The van der Waals surface area contributed by atoms with Crippen molar-refractivity contribution in [3.8, 4) is 0 Å². The van der Waals surface area contributed by atoms with Crippen LogP contribution in [0.2, 0.25) is 0 Å². The Hall–Kier alpha value is -2.08. The van der Waals surface area contributed by atoms with Crippen LogP contribution in [0.1, 0.15) is 57.4 Å². The van der Waals surface area contributed by atoms with Crippen LogP contribution in [0.15, 0.2) is 18.2 Å². The van der Waals surface area contributed by atoms with Crippen molar-refractivity contribution in [2.45, 2.75) is 70.9 Å². The summed E-state index contributed by atoms with van der Waals surface area (Å²) in [5.74, 6) is 0.261. The SMILES string of the molecule is CC(=O)Nc1ccc(N2CCC[C@@]3(CCN([C@H]4CC[C@H](O)CC4)C3=O)C2)c(C)c1. The first-order chi connectivity index (χ1) is 13.9. The maximum absolute atomic E-state index is 13.5. The molecule has 0 unspecified atom stereocenters. The van der Waals surface area contributed by atoms with Gasteiger partial charge in [-0.15, -0.1) is 0 Å². The van der Waals surface area contributed by atoms with E-state index in [1.165, 1.54) is 6.92 Å². The lowest BCUT2D eigenvalue weighted by molar-refractivity contribution is -0.139. The first kappa shape index (κ1) is 20.2. The summed E-state index contributed by atoms with van der Waals surface area (Å²) in [7, 11) is 0. The van der Waals surface area contributed by atoms with Gasteiger partial charge >= 0.3 is 0 Å². The molecule has 1 aliphatic carbocycles. The normalized spacial score (nSPS) is 30.1. The van der Waals surface area contributed by atoms with Crippen LogP contribution < -0.4 is 10.2 Å². The number of aliphatic hydroxyl groups excluding tert-OH is 1. The monoisotopic (exact) mass is 399 g/mol. The number of aryl methyl sites for hydroxylation is 1. The number of carbonyl (C=O) groups excluding carboxylic acids is 2. The average Bonchev–Trinajstić information content (AvgIpc) is 2.98. The molecule has 1 atom stereocenters. The third kappa shape index (κ3) is 4.00. The predicted octanol–water partition coefficient (Wildman–Crippen LogP) is 3.08. The van der Waals surface area contributed by atoms with Crippen molar-refractivity contribution >= 4 is 23.2 Å². The summed E-state index contributed by atoms with van der Waals surface area (Å²) < 4.78 is 0. The number of piperidine rings is 1. The lowest BCUT2D eigenvalue weighted by Gasteiger charge is -2.42. The second-order valence-corrected chi connectivity index (χ2v) is 9.20. The molecule has 1 aromatic carbocycles. The minimum atomic E-state index is -0.267. The molecule has 2 N–H and O–H groups in total. The number of nitrogens with zero attached hydrogens (tertiary/aromatic N) is 2. The van der Waals surface area contributed by atoms with Crippen molar-refractivity contribution in [1.82, 2.24) is 4.90 Å². The maximum atomic E-state index is 13.5. The van der Waals surface area contributed by atoms with Gasteiger partial charge in [0.05, 0.1) is 11.5 Å². The number of hydrogen-bond donors (Lipinski definition) is 2. The van der Waals surface area contributed by atoms with Gasteiger partial charge in [-0.1, -0.05) is 0 Å². The Labute approximate surface area is 173 Å². The van der Waals surface area contributed by atoms with Crippen LogP contribution in [0.25, 0.3) is 0 Å². The molecule has 1 saturated carbocycles. The highest BCUT2D eigenvalue weighted by Gasteiger charge is 2.50. The standard InChI is InChI=1S/C23H33N3O3/c1-16-14-18(24-17(2)27)4-9-21(16)25-12-3-10-23(15-25)11-13-26(22(23)29)19-5-7-20(28)8-6-19/h4,9,14,19-20,28H,3,5-8,10-13,15H2,1-2H3,(H,24,27)/t19-,20-,23-/m1/s1. The Morgan fingerprint density at radius 2 is 1.93 bits per heavy atom. The van der Waals surface area contributed by atoms with E-state index in [2.05, 4.69) is 28.1 Å². The van der Waals surface area contributed by atoms with Gasteiger partial charge in [0.1, 0.15) is 0 Å². The summed E-state index contributed by atoms with van der Waals surface area (Å²) in [6.45, 7) is 6.18. The molecule has 158 valence electrons. The summed E-state index contributed by atoms with van der Waals surface area (Å²) in [4.78, 5) is 29.3. The van der Waals surface area contributed by atoms with Crippen molar-refractivity contribution in [2.75, 3.05) is 29.9 Å². The molecular weight excluding hydrogens is 366 g/mol. The van der Waals surface area contributed by atoms with E-state index in [1.54, 1.807) is 0 Å². The Balaban J connectivity index is 1.48. The molecule has 1 aromatic rings. The molecule has 2 aliphatic heterocycles. The first-order valence-corrected chi connectivity index (χ1v) is 11.0. The highest BCUT2D eigenvalue weighted by Crippen LogP contribution is 2.44. The number of aliphatic hydroxyl groups is 1. The molecule has 0 radical (unpaired) electrons. The highest BCUT2D eigenvalue weighted by molar-refractivity contribution is 5.89. The van der Waals surface area contributed by atoms with E-state index >= 15 is 0 Å². The Morgan fingerprint density at radius 3 is 2.62 bits per heavy atom. The van der Waals surface area contributed by atoms with E-state index < -0.39 is 0 Å². The fourth-order valence-corrected chi connectivity index (χ4v) is 5.57. The van der Waals surface area contributed by atoms with Crippen molar-refractivity contribution in [1.29, 1.82) is 0 Å². The van der Waals surface area contributed by atoms with Crippen LogP contribution in [-0.2, 0) is 9.59 Å². The molecule has 0 aromatic heterocycles. The summed E-state index contributed by atoms with van der Waals surface area (Å²) in [6.07, 6.45) is 6.22. The zero-order valence-corrected chi connectivity index (χ0v) is 17.6. The van der Waals surface area contributed by atoms with Crippen LogP contribution in [0.4, 0.5) is 11.4 Å². The smallest absolute Gasteiger partial charge is 0.230 e. The third-order valence-electron chi connectivity index (χ3n) is 7.09. The molecule has 2 amide bonds. The Bertz CT molecular complexity index is 788. The quantitative estimate of drug-likeness (QED) is 0.819. The number of anilines is 2. The van der Waals surface area contributed by atoms with E-state index in [4.69, 9.17) is 0 Å². The van der Waals surface area contributed by atoms with Gasteiger partial charge in [-0.3, -0.25) is 9.59 Å². The van der Waals surface area contributed by atoms with E-state index in [-0.39, 0.29) is 17.4 Å². The van der Waals surface area contributed by atoms with E-state index in [9.17, 15) is 14.7 Å². The van der Waals surface area contributed by atoms with Crippen molar-refractivity contribution in [3.63, 3.8) is 0 Å². The Kier molecular flexibility index (Phi) is 5.56. The number of hydrogen-bond acceptors (Lipinski definition) is 4. The van der Waals surface area contributed by atoms with E-state index in [0.29, 0.717) is 11.9 Å². The average molecular weight is 400 g/mol. The highest BCUT2D eigenvalue weighted by atomic mass is 16.3. The van der Waals surface area contributed by atoms with Gasteiger partial charge < -0.3 is 20.2 Å². The lowest BCUT2D eigenvalue weighted by Crippen LogP contribution is -2.50. The Morgan fingerprint density at radius 1 is 1.17 bits per heavy atom. The molecule has 4 rings (SSSR count). The molecule has 3 aliphatic rings. The van der Waals surface area contributed by atoms with Gasteiger partial charge in [0.15, 0.2) is 0 Å². The number of amides is 2. The fraction of sp³-hybridized carbons (Fsp3) is 0.652. The number of carbonyl (C=O) groups is 2. The van der Waals surface area contributed by atoms with Gasteiger partial charge in [-0.25, -0.2) is 0 Å². The van der Waals surface area contributed by atoms with Crippen LogP contribution in [0.5, 0.6) is 0 Å². The largest absolute Gasteiger partial charge is 0.393 e.